The van der Waals surface area contributed by atoms with Crippen LogP contribution in [-0.2, 0) is 0 Å². The molecule has 0 atom stereocenters. The topological polar surface area (TPSA) is 92.3 Å². The number of hydrogen-bond donors (Lipinski definition) is 2. The van der Waals surface area contributed by atoms with E-state index < -0.39 is 23.6 Å². The van der Waals surface area contributed by atoms with Gasteiger partial charge in [-0.25, -0.2) is 0 Å². The summed E-state index contributed by atoms with van der Waals surface area (Å²) in [5.74, 6) is -1.78. The third-order valence-electron chi connectivity index (χ3n) is 3.67. The Balaban J connectivity index is 1.83. The highest BCUT2D eigenvalue weighted by atomic mass is 32.2. The van der Waals surface area contributed by atoms with E-state index in [1.54, 1.807) is 36.4 Å². The van der Waals surface area contributed by atoms with Crippen molar-refractivity contribution in [3.05, 3.63) is 58.7 Å². The molecular formula is C16H8N2O4S. The third-order valence-corrected chi connectivity index (χ3v) is 4.79. The van der Waals surface area contributed by atoms with Crippen LogP contribution in [0.25, 0.3) is 0 Å². The number of fused-ring (bicyclic) bond motifs is 2. The van der Waals surface area contributed by atoms with Gasteiger partial charge in [0.25, 0.3) is 23.6 Å². The fourth-order valence-electron chi connectivity index (χ4n) is 2.66. The van der Waals surface area contributed by atoms with Crippen LogP contribution in [0.3, 0.4) is 0 Å². The van der Waals surface area contributed by atoms with Gasteiger partial charge in [0.05, 0.1) is 22.3 Å². The Kier molecular flexibility index (Phi) is 2.85. The van der Waals surface area contributed by atoms with Crippen LogP contribution in [0.2, 0.25) is 0 Å². The van der Waals surface area contributed by atoms with Gasteiger partial charge in [0.1, 0.15) is 0 Å². The molecule has 2 aliphatic rings. The molecule has 4 amide bonds. The van der Waals surface area contributed by atoms with Gasteiger partial charge in [-0.3, -0.25) is 29.8 Å². The van der Waals surface area contributed by atoms with E-state index >= 15 is 0 Å². The van der Waals surface area contributed by atoms with Crippen LogP contribution in [0.5, 0.6) is 0 Å². The summed E-state index contributed by atoms with van der Waals surface area (Å²) in [5, 5.41) is 4.50. The van der Waals surface area contributed by atoms with Gasteiger partial charge >= 0.3 is 0 Å². The van der Waals surface area contributed by atoms with Crippen molar-refractivity contribution < 1.29 is 19.2 Å². The smallest absolute Gasteiger partial charge is 0.260 e. The maximum absolute atomic E-state index is 12.0. The average molecular weight is 324 g/mol. The number of carbonyl (C=O) groups excluding carboxylic acids is 4. The van der Waals surface area contributed by atoms with Crippen molar-refractivity contribution in [3.8, 4) is 0 Å². The number of imide groups is 2. The molecule has 4 rings (SSSR count). The minimum atomic E-state index is -0.457. The summed E-state index contributed by atoms with van der Waals surface area (Å²) < 4.78 is 0. The summed E-state index contributed by atoms with van der Waals surface area (Å²) in [5.41, 5.74) is 1.22. The van der Waals surface area contributed by atoms with Crippen LogP contribution in [0.1, 0.15) is 41.4 Å². The molecule has 112 valence electrons. The van der Waals surface area contributed by atoms with Crippen LogP contribution in [0.4, 0.5) is 0 Å². The average Bonchev–Trinajstić information content (AvgIpc) is 2.98. The highest BCUT2D eigenvalue weighted by Gasteiger charge is 2.32. The van der Waals surface area contributed by atoms with Gasteiger partial charge in [-0.15, -0.1) is 0 Å². The van der Waals surface area contributed by atoms with E-state index in [-0.39, 0.29) is 0 Å². The maximum atomic E-state index is 12.0. The lowest BCUT2D eigenvalue weighted by Gasteiger charge is -2.08. The molecule has 0 saturated carbocycles. The lowest BCUT2D eigenvalue weighted by molar-refractivity contribution is 0.0862. The van der Waals surface area contributed by atoms with Gasteiger partial charge in [0.15, 0.2) is 0 Å². The molecule has 23 heavy (non-hydrogen) atoms. The van der Waals surface area contributed by atoms with Crippen LogP contribution in [-0.4, -0.2) is 23.6 Å². The quantitative estimate of drug-likeness (QED) is 0.819. The minimum Gasteiger partial charge on any atom is -0.288 e. The number of benzene rings is 2. The summed E-state index contributed by atoms with van der Waals surface area (Å²) in [7, 11) is 0. The molecule has 2 heterocycles. The second-order valence-corrected chi connectivity index (χ2v) is 6.11. The fraction of sp³-hybridized carbons (Fsp3) is 0. The Hall–Kier alpha value is -2.93. The van der Waals surface area contributed by atoms with Crippen molar-refractivity contribution in [2.24, 2.45) is 0 Å². The first-order chi connectivity index (χ1) is 11.1. The Morgan fingerprint density at radius 3 is 1.48 bits per heavy atom. The van der Waals surface area contributed by atoms with E-state index in [1.165, 1.54) is 11.8 Å². The molecule has 2 aromatic carbocycles. The summed E-state index contributed by atoms with van der Waals surface area (Å²) in [4.78, 5) is 48.5. The fourth-order valence-corrected chi connectivity index (χ4v) is 3.80. The monoisotopic (exact) mass is 324 g/mol. The predicted octanol–water partition coefficient (Wildman–Crippen LogP) is 1.60. The number of hydrogen-bond acceptors (Lipinski definition) is 5. The molecule has 2 aliphatic heterocycles. The van der Waals surface area contributed by atoms with Crippen LogP contribution in [0, 0.1) is 0 Å². The molecule has 0 fully saturated rings. The number of carbonyl (C=O) groups is 4. The molecule has 2 aromatic rings. The Bertz CT molecular complexity index is 860. The van der Waals surface area contributed by atoms with Gasteiger partial charge in [-0.1, -0.05) is 23.9 Å². The first-order valence-corrected chi connectivity index (χ1v) is 7.53. The zero-order valence-electron chi connectivity index (χ0n) is 11.5. The SMILES string of the molecule is O=C1NC(=O)c2c(Sc3cccc4c3C(=O)NC4=O)cccc21. The van der Waals surface area contributed by atoms with Crippen molar-refractivity contribution in [2.75, 3.05) is 0 Å². The van der Waals surface area contributed by atoms with E-state index in [0.717, 1.165) is 0 Å². The molecule has 2 N–H and O–H groups in total. The second-order valence-electron chi connectivity index (χ2n) is 5.03. The maximum Gasteiger partial charge on any atom is 0.260 e. The standard InChI is InChI=1S/C16H8N2O4S/c19-13-7-3-1-5-9(11(7)15(21)17-13)23-10-6-2-4-8-12(10)16(22)18-14(8)20/h1-6H,(H,17,19,21)(H,18,20,22). The lowest BCUT2D eigenvalue weighted by Crippen LogP contribution is -2.20. The van der Waals surface area contributed by atoms with Gasteiger partial charge in [0.2, 0.25) is 0 Å². The van der Waals surface area contributed by atoms with E-state index in [4.69, 9.17) is 0 Å². The molecule has 0 saturated heterocycles. The summed E-state index contributed by atoms with van der Waals surface area (Å²) in [6, 6.07) is 9.91. The highest BCUT2D eigenvalue weighted by Crippen LogP contribution is 2.37. The minimum absolute atomic E-state index is 0.296. The van der Waals surface area contributed by atoms with E-state index in [0.29, 0.717) is 32.0 Å². The zero-order chi connectivity index (χ0) is 16.1. The van der Waals surface area contributed by atoms with E-state index in [2.05, 4.69) is 10.6 Å². The Morgan fingerprint density at radius 1 is 0.609 bits per heavy atom. The number of rotatable bonds is 2. The molecule has 0 radical (unpaired) electrons. The van der Waals surface area contributed by atoms with Crippen LogP contribution >= 0.6 is 11.8 Å². The summed E-state index contributed by atoms with van der Waals surface area (Å²) >= 11 is 1.18. The van der Waals surface area contributed by atoms with Crippen molar-refractivity contribution in [2.45, 2.75) is 9.79 Å². The number of nitrogens with one attached hydrogen (secondary N) is 2. The van der Waals surface area contributed by atoms with Gasteiger partial charge < -0.3 is 0 Å². The van der Waals surface area contributed by atoms with E-state index in [9.17, 15) is 19.2 Å². The molecule has 0 spiro atoms. The first-order valence-electron chi connectivity index (χ1n) is 6.71. The molecule has 0 bridgehead atoms. The van der Waals surface area contributed by atoms with Gasteiger partial charge in [-0.05, 0) is 24.3 Å². The Labute approximate surface area is 134 Å². The molecular weight excluding hydrogens is 316 g/mol. The van der Waals surface area contributed by atoms with Gasteiger partial charge in [-0.2, -0.15) is 0 Å². The number of amides is 4. The lowest BCUT2D eigenvalue weighted by atomic mass is 10.1. The van der Waals surface area contributed by atoms with Crippen LogP contribution in [0.15, 0.2) is 46.2 Å². The largest absolute Gasteiger partial charge is 0.288 e. The molecule has 6 nitrogen and oxygen atoms in total. The Morgan fingerprint density at radius 2 is 1.04 bits per heavy atom. The molecule has 0 unspecified atom stereocenters. The second kappa shape index (κ2) is 4.79. The first kappa shape index (κ1) is 13.7. The van der Waals surface area contributed by atoms with Crippen molar-refractivity contribution >= 4 is 35.4 Å². The summed E-state index contributed by atoms with van der Waals surface area (Å²) in [6.45, 7) is 0. The molecule has 7 heteroatoms. The molecule has 0 aliphatic carbocycles. The van der Waals surface area contributed by atoms with Crippen LogP contribution < -0.4 is 10.6 Å². The van der Waals surface area contributed by atoms with Crippen molar-refractivity contribution in [1.82, 2.24) is 10.6 Å². The highest BCUT2D eigenvalue weighted by molar-refractivity contribution is 7.99. The summed E-state index contributed by atoms with van der Waals surface area (Å²) in [6.07, 6.45) is 0. The predicted molar refractivity (Wildman–Crippen MR) is 80.6 cm³/mol. The molecule has 0 aromatic heterocycles. The van der Waals surface area contributed by atoms with Gasteiger partial charge in [0, 0.05) is 9.79 Å². The normalized spacial score (nSPS) is 15.3. The van der Waals surface area contributed by atoms with Crippen molar-refractivity contribution in [1.29, 1.82) is 0 Å². The van der Waals surface area contributed by atoms with Crippen molar-refractivity contribution in [3.63, 3.8) is 0 Å². The zero-order valence-corrected chi connectivity index (χ0v) is 12.3. The third kappa shape index (κ3) is 1.97. The van der Waals surface area contributed by atoms with E-state index in [1.807, 2.05) is 0 Å².